The molecule has 0 bridgehead atoms. The van der Waals surface area contributed by atoms with Gasteiger partial charge in [-0.25, -0.2) is 13.1 Å². The maximum absolute atomic E-state index is 12.0. The summed E-state index contributed by atoms with van der Waals surface area (Å²) in [6.45, 7) is 1.68. The van der Waals surface area contributed by atoms with E-state index in [1.54, 1.807) is 43.3 Å². The molecule has 0 atom stereocenters. The first-order chi connectivity index (χ1) is 11.7. The molecule has 0 saturated carbocycles. The van der Waals surface area contributed by atoms with Crippen LogP contribution >= 0.6 is 23.2 Å². The van der Waals surface area contributed by atoms with Crippen molar-refractivity contribution in [2.45, 2.75) is 11.8 Å². The quantitative estimate of drug-likeness (QED) is 0.750. The molecular weight excluding hydrogens is 383 g/mol. The molecule has 1 amide bonds. The number of carbonyl (C=O) groups excluding carboxylic acids is 1. The summed E-state index contributed by atoms with van der Waals surface area (Å²) in [7, 11) is -2.27. The minimum absolute atomic E-state index is 0.109. The number of benzene rings is 2. The highest BCUT2D eigenvalue weighted by atomic mass is 35.5. The smallest absolute Gasteiger partial charge is 0.248 e. The topological polar surface area (TPSA) is 75.3 Å². The van der Waals surface area contributed by atoms with Crippen molar-refractivity contribution in [3.8, 4) is 0 Å². The van der Waals surface area contributed by atoms with Crippen molar-refractivity contribution in [3.63, 3.8) is 0 Å². The predicted octanol–water partition coefficient (Wildman–Crippen LogP) is 3.86. The molecule has 0 unspecified atom stereocenters. The van der Waals surface area contributed by atoms with Crippen LogP contribution in [0.1, 0.15) is 11.1 Å². The second-order valence-corrected chi connectivity index (χ2v) is 7.87. The molecular formula is C17H16Cl2N2O3S. The van der Waals surface area contributed by atoms with Gasteiger partial charge in [0.05, 0.1) is 4.90 Å². The van der Waals surface area contributed by atoms with Gasteiger partial charge < -0.3 is 5.32 Å². The SMILES string of the molecule is CNS(=O)(=O)c1cc(NC(=O)/C=C/c2ccc(Cl)cc2Cl)ccc1C. The number of amides is 1. The lowest BCUT2D eigenvalue weighted by Gasteiger charge is -2.09. The first-order valence-corrected chi connectivity index (χ1v) is 9.45. The number of rotatable bonds is 5. The minimum Gasteiger partial charge on any atom is -0.322 e. The van der Waals surface area contributed by atoms with Crippen molar-refractivity contribution in [2.75, 3.05) is 12.4 Å². The van der Waals surface area contributed by atoms with E-state index in [1.165, 1.54) is 19.2 Å². The molecule has 2 N–H and O–H groups in total. The van der Waals surface area contributed by atoms with Gasteiger partial charge in [-0.05, 0) is 55.4 Å². The Hall–Kier alpha value is -1.86. The van der Waals surface area contributed by atoms with Gasteiger partial charge in [0.25, 0.3) is 0 Å². The summed E-state index contributed by atoms with van der Waals surface area (Å²) in [5.41, 5.74) is 1.59. The standard InChI is InChI=1S/C17H16Cl2N2O3S/c1-11-3-7-14(10-16(11)25(23,24)20-2)21-17(22)8-5-12-4-6-13(18)9-15(12)19/h3-10,20H,1-2H3,(H,21,22)/b8-5+. The zero-order valence-electron chi connectivity index (χ0n) is 13.5. The summed E-state index contributed by atoms with van der Waals surface area (Å²) in [5, 5.41) is 3.55. The number of hydrogen-bond acceptors (Lipinski definition) is 3. The predicted molar refractivity (Wildman–Crippen MR) is 102 cm³/mol. The number of carbonyl (C=O) groups is 1. The average molecular weight is 399 g/mol. The van der Waals surface area contributed by atoms with Gasteiger partial charge in [0.2, 0.25) is 15.9 Å². The molecule has 0 spiro atoms. The molecule has 2 aromatic carbocycles. The maximum atomic E-state index is 12.0. The van der Waals surface area contributed by atoms with E-state index in [2.05, 4.69) is 10.0 Å². The molecule has 0 aliphatic carbocycles. The number of halogens is 2. The normalized spacial score (nSPS) is 11.7. The zero-order chi connectivity index (χ0) is 18.6. The molecule has 132 valence electrons. The highest BCUT2D eigenvalue weighted by molar-refractivity contribution is 7.89. The first-order valence-electron chi connectivity index (χ1n) is 7.21. The monoisotopic (exact) mass is 398 g/mol. The molecule has 0 saturated heterocycles. The summed E-state index contributed by atoms with van der Waals surface area (Å²) in [6.07, 6.45) is 2.86. The third-order valence-corrected chi connectivity index (χ3v) is 5.51. The third kappa shape index (κ3) is 5.06. The summed E-state index contributed by atoms with van der Waals surface area (Å²) < 4.78 is 26.2. The van der Waals surface area contributed by atoms with Crippen molar-refractivity contribution in [1.29, 1.82) is 0 Å². The van der Waals surface area contributed by atoms with E-state index in [4.69, 9.17) is 23.2 Å². The average Bonchev–Trinajstić information content (AvgIpc) is 2.55. The molecule has 2 rings (SSSR count). The second-order valence-electron chi connectivity index (χ2n) is 5.18. The van der Waals surface area contributed by atoms with Crippen molar-refractivity contribution in [1.82, 2.24) is 4.72 Å². The Labute approximate surface area is 156 Å². The molecule has 8 heteroatoms. The molecule has 0 aromatic heterocycles. The minimum atomic E-state index is -3.60. The van der Waals surface area contributed by atoms with E-state index in [1.807, 2.05) is 0 Å². The molecule has 0 radical (unpaired) electrons. The van der Waals surface area contributed by atoms with Crippen molar-refractivity contribution >= 4 is 50.9 Å². The third-order valence-electron chi connectivity index (χ3n) is 3.39. The van der Waals surface area contributed by atoms with E-state index in [9.17, 15) is 13.2 Å². The van der Waals surface area contributed by atoms with Gasteiger partial charge in [0, 0.05) is 21.8 Å². The van der Waals surface area contributed by atoms with Crippen LogP contribution in [0.3, 0.4) is 0 Å². The lowest BCUT2D eigenvalue weighted by atomic mass is 10.2. The van der Waals surface area contributed by atoms with Gasteiger partial charge in [0.15, 0.2) is 0 Å². The van der Waals surface area contributed by atoms with Crippen LogP contribution in [-0.2, 0) is 14.8 Å². The zero-order valence-corrected chi connectivity index (χ0v) is 15.8. The molecule has 2 aromatic rings. The number of nitrogens with one attached hydrogen (secondary N) is 2. The Morgan fingerprint density at radius 2 is 1.84 bits per heavy atom. The van der Waals surface area contributed by atoms with Gasteiger partial charge in [-0.2, -0.15) is 0 Å². The van der Waals surface area contributed by atoms with Crippen molar-refractivity contribution in [2.24, 2.45) is 0 Å². The van der Waals surface area contributed by atoms with Crippen LogP contribution in [0.4, 0.5) is 5.69 Å². The van der Waals surface area contributed by atoms with Crippen LogP contribution in [0, 0.1) is 6.92 Å². The first kappa shape index (κ1) is 19.5. The number of aryl methyl sites for hydroxylation is 1. The van der Waals surface area contributed by atoms with Gasteiger partial charge in [-0.3, -0.25) is 4.79 Å². The largest absolute Gasteiger partial charge is 0.322 e. The van der Waals surface area contributed by atoms with Gasteiger partial charge in [-0.1, -0.05) is 35.3 Å². The second kappa shape index (κ2) is 8.01. The summed E-state index contributed by atoms with van der Waals surface area (Å²) >= 11 is 11.9. The van der Waals surface area contributed by atoms with E-state index >= 15 is 0 Å². The highest BCUT2D eigenvalue weighted by Crippen LogP contribution is 2.22. The van der Waals surface area contributed by atoms with Crippen LogP contribution in [0.2, 0.25) is 10.0 Å². The fraction of sp³-hybridized carbons (Fsp3) is 0.118. The van der Waals surface area contributed by atoms with Crippen LogP contribution in [0.25, 0.3) is 6.08 Å². The van der Waals surface area contributed by atoms with Crippen molar-refractivity contribution in [3.05, 3.63) is 63.6 Å². The summed E-state index contributed by atoms with van der Waals surface area (Å²) in [4.78, 5) is 12.2. The Kier molecular flexibility index (Phi) is 6.24. The van der Waals surface area contributed by atoms with E-state index in [0.717, 1.165) is 0 Å². The van der Waals surface area contributed by atoms with Crippen LogP contribution in [0.15, 0.2) is 47.4 Å². The van der Waals surface area contributed by atoms with E-state index in [0.29, 0.717) is 26.9 Å². The molecule has 0 aliphatic rings. The number of anilines is 1. The van der Waals surface area contributed by atoms with Gasteiger partial charge in [-0.15, -0.1) is 0 Å². The Bertz CT molecular complexity index is 941. The van der Waals surface area contributed by atoms with Gasteiger partial charge in [0.1, 0.15) is 0 Å². The van der Waals surface area contributed by atoms with Gasteiger partial charge >= 0.3 is 0 Å². The van der Waals surface area contributed by atoms with E-state index in [-0.39, 0.29) is 4.90 Å². The summed E-state index contributed by atoms with van der Waals surface area (Å²) in [6, 6.07) is 9.60. The molecule has 0 fully saturated rings. The van der Waals surface area contributed by atoms with Crippen LogP contribution in [-0.4, -0.2) is 21.4 Å². The lowest BCUT2D eigenvalue weighted by Crippen LogP contribution is -2.20. The molecule has 0 aliphatic heterocycles. The van der Waals surface area contributed by atoms with E-state index < -0.39 is 15.9 Å². The lowest BCUT2D eigenvalue weighted by molar-refractivity contribution is -0.111. The fourth-order valence-electron chi connectivity index (χ4n) is 2.06. The Morgan fingerprint density at radius 1 is 1.12 bits per heavy atom. The highest BCUT2D eigenvalue weighted by Gasteiger charge is 2.15. The number of hydrogen-bond donors (Lipinski definition) is 2. The Balaban J connectivity index is 2.18. The fourth-order valence-corrected chi connectivity index (χ4v) is 3.53. The number of sulfonamides is 1. The maximum Gasteiger partial charge on any atom is 0.248 e. The molecule has 5 nitrogen and oxygen atoms in total. The molecule has 25 heavy (non-hydrogen) atoms. The summed E-state index contributed by atoms with van der Waals surface area (Å²) in [5.74, 6) is -0.414. The van der Waals surface area contributed by atoms with Crippen LogP contribution in [0.5, 0.6) is 0 Å². The Morgan fingerprint density at radius 3 is 2.48 bits per heavy atom. The van der Waals surface area contributed by atoms with Crippen LogP contribution < -0.4 is 10.0 Å². The molecule has 0 heterocycles. The van der Waals surface area contributed by atoms with Crippen molar-refractivity contribution < 1.29 is 13.2 Å².